The first-order chi connectivity index (χ1) is 10.3. The van der Waals surface area contributed by atoms with Gasteiger partial charge < -0.3 is 15.1 Å². The molecule has 1 N–H and O–H groups in total. The van der Waals surface area contributed by atoms with Crippen LogP contribution in [0.15, 0.2) is 24.3 Å². The summed E-state index contributed by atoms with van der Waals surface area (Å²) < 4.78 is 0. The summed E-state index contributed by atoms with van der Waals surface area (Å²) in [5, 5.41) is 3.30. The van der Waals surface area contributed by atoms with Crippen LogP contribution in [0.5, 0.6) is 0 Å². The van der Waals surface area contributed by atoms with Gasteiger partial charge >= 0.3 is 6.03 Å². The molecule has 3 saturated heterocycles. The van der Waals surface area contributed by atoms with Crippen molar-refractivity contribution >= 4 is 6.03 Å². The summed E-state index contributed by atoms with van der Waals surface area (Å²) in [6, 6.07) is 8.96. The molecule has 1 atom stereocenters. The molecule has 0 aliphatic carbocycles. The molecule has 0 spiro atoms. The van der Waals surface area contributed by atoms with Crippen LogP contribution in [0.1, 0.15) is 24.0 Å². The third-order valence-corrected chi connectivity index (χ3v) is 5.38. The van der Waals surface area contributed by atoms with Crippen molar-refractivity contribution in [1.82, 2.24) is 15.1 Å². The summed E-state index contributed by atoms with van der Waals surface area (Å²) in [6.07, 6.45) is 3.46. The van der Waals surface area contributed by atoms with Crippen molar-refractivity contribution < 1.29 is 4.79 Å². The van der Waals surface area contributed by atoms with Crippen molar-refractivity contribution in [1.29, 1.82) is 0 Å². The Morgan fingerprint density at radius 2 is 1.86 bits per heavy atom. The fourth-order valence-electron chi connectivity index (χ4n) is 4.05. The number of hydrogen-bond acceptors (Lipinski definition) is 2. The summed E-state index contributed by atoms with van der Waals surface area (Å²) in [5.74, 6) is 0.691. The zero-order valence-corrected chi connectivity index (χ0v) is 12.4. The minimum Gasteiger partial charge on any atom is -0.334 e. The van der Waals surface area contributed by atoms with Gasteiger partial charge in [-0.15, -0.1) is 0 Å². The number of nitrogens with zero attached hydrogens (tertiary/aromatic N) is 2. The van der Waals surface area contributed by atoms with Crippen molar-refractivity contribution in [3.05, 3.63) is 35.4 Å². The van der Waals surface area contributed by atoms with Gasteiger partial charge in [0, 0.05) is 25.7 Å². The van der Waals surface area contributed by atoms with E-state index in [4.69, 9.17) is 0 Å². The summed E-state index contributed by atoms with van der Waals surface area (Å²) in [5.41, 5.74) is 2.69. The number of nitrogens with one attached hydrogen (secondary N) is 1. The summed E-state index contributed by atoms with van der Waals surface area (Å²) in [4.78, 5) is 17.0. The molecule has 4 nitrogen and oxygen atoms in total. The van der Waals surface area contributed by atoms with E-state index in [0.717, 1.165) is 26.1 Å². The molecule has 4 heterocycles. The molecule has 4 aliphatic heterocycles. The second kappa shape index (κ2) is 5.34. The van der Waals surface area contributed by atoms with E-state index < -0.39 is 0 Å². The highest BCUT2D eigenvalue weighted by Gasteiger charge is 2.35. The van der Waals surface area contributed by atoms with Gasteiger partial charge in [-0.25, -0.2) is 4.79 Å². The third kappa shape index (κ3) is 2.53. The lowest BCUT2D eigenvalue weighted by Crippen LogP contribution is -2.59. The maximum Gasteiger partial charge on any atom is 0.317 e. The second-order valence-corrected chi connectivity index (χ2v) is 6.63. The lowest BCUT2D eigenvalue weighted by atomic mass is 9.84. The molecular formula is C17H23N3O. The molecule has 1 aromatic rings. The number of urea groups is 1. The van der Waals surface area contributed by atoms with Crippen molar-refractivity contribution in [2.24, 2.45) is 5.92 Å². The van der Waals surface area contributed by atoms with Crippen LogP contribution in [0.4, 0.5) is 4.79 Å². The Labute approximate surface area is 126 Å². The first kappa shape index (κ1) is 13.1. The van der Waals surface area contributed by atoms with Gasteiger partial charge in [-0.1, -0.05) is 24.3 Å². The number of piperidine rings is 3. The highest BCUT2D eigenvalue weighted by atomic mass is 16.2. The smallest absolute Gasteiger partial charge is 0.317 e. The van der Waals surface area contributed by atoms with E-state index in [-0.39, 0.29) is 6.03 Å². The number of benzene rings is 1. The Kier molecular flexibility index (Phi) is 3.34. The predicted molar refractivity (Wildman–Crippen MR) is 82.0 cm³/mol. The first-order valence-corrected chi connectivity index (χ1v) is 8.14. The van der Waals surface area contributed by atoms with Gasteiger partial charge in [0.05, 0.1) is 0 Å². The highest BCUT2D eigenvalue weighted by Crippen LogP contribution is 2.28. The van der Waals surface area contributed by atoms with Gasteiger partial charge in [0.1, 0.15) is 0 Å². The zero-order valence-electron chi connectivity index (χ0n) is 12.4. The van der Waals surface area contributed by atoms with E-state index in [1.54, 1.807) is 0 Å². The van der Waals surface area contributed by atoms with Crippen LogP contribution in [-0.2, 0) is 13.0 Å². The van der Waals surface area contributed by atoms with E-state index in [9.17, 15) is 4.79 Å². The van der Waals surface area contributed by atoms with E-state index in [1.165, 1.54) is 37.1 Å². The Morgan fingerprint density at radius 1 is 1.10 bits per heavy atom. The predicted octanol–water partition coefficient (Wildman–Crippen LogP) is 1.85. The first-order valence-electron chi connectivity index (χ1n) is 8.14. The van der Waals surface area contributed by atoms with E-state index in [1.807, 2.05) is 4.90 Å². The molecular weight excluding hydrogens is 262 g/mol. The standard InChI is InChI=1S/C17H23N3O/c21-17(18-16-12-19-8-5-14(16)6-9-19)20-10-7-13-3-1-2-4-15(13)11-20/h1-4,14,16H,5-12H2,(H,18,21)/t16-/m1/s1. The molecule has 0 radical (unpaired) electrons. The minimum absolute atomic E-state index is 0.128. The molecule has 21 heavy (non-hydrogen) atoms. The number of carbonyl (C=O) groups excluding carboxylic acids is 1. The number of amides is 2. The molecule has 0 saturated carbocycles. The highest BCUT2D eigenvalue weighted by molar-refractivity contribution is 5.75. The van der Waals surface area contributed by atoms with Crippen LogP contribution in [0.25, 0.3) is 0 Å². The average molecular weight is 285 g/mol. The fourth-order valence-corrected chi connectivity index (χ4v) is 4.05. The lowest BCUT2D eigenvalue weighted by Gasteiger charge is -2.45. The van der Waals surface area contributed by atoms with Crippen LogP contribution in [0, 0.1) is 5.92 Å². The number of carbonyl (C=O) groups is 1. The van der Waals surface area contributed by atoms with E-state index in [0.29, 0.717) is 12.0 Å². The molecule has 2 bridgehead atoms. The molecule has 2 amide bonds. The maximum atomic E-state index is 12.5. The monoisotopic (exact) mass is 285 g/mol. The SMILES string of the molecule is O=C(N[C@@H]1CN2CCC1CC2)N1CCc2ccccc2C1. The van der Waals surface area contributed by atoms with Crippen LogP contribution in [0.3, 0.4) is 0 Å². The topological polar surface area (TPSA) is 35.6 Å². The average Bonchev–Trinajstić information content (AvgIpc) is 2.55. The zero-order chi connectivity index (χ0) is 14.2. The van der Waals surface area contributed by atoms with Gasteiger partial charge in [-0.05, 0) is 49.4 Å². The van der Waals surface area contributed by atoms with E-state index in [2.05, 4.69) is 34.5 Å². The maximum absolute atomic E-state index is 12.5. The Bertz CT molecular complexity index is 537. The van der Waals surface area contributed by atoms with Crippen LogP contribution in [0.2, 0.25) is 0 Å². The van der Waals surface area contributed by atoms with Crippen molar-refractivity contribution in [3.8, 4) is 0 Å². The van der Waals surface area contributed by atoms with Gasteiger partial charge in [-0.2, -0.15) is 0 Å². The number of fused-ring (bicyclic) bond motifs is 4. The molecule has 1 aromatic carbocycles. The minimum atomic E-state index is 0.128. The van der Waals surface area contributed by atoms with Gasteiger partial charge in [0.25, 0.3) is 0 Å². The van der Waals surface area contributed by atoms with Crippen LogP contribution >= 0.6 is 0 Å². The number of hydrogen-bond donors (Lipinski definition) is 1. The molecule has 4 heteroatoms. The van der Waals surface area contributed by atoms with Gasteiger partial charge in [0.2, 0.25) is 0 Å². The summed E-state index contributed by atoms with van der Waals surface area (Å²) >= 11 is 0. The summed E-state index contributed by atoms with van der Waals surface area (Å²) in [7, 11) is 0. The molecule has 3 fully saturated rings. The molecule has 5 rings (SSSR count). The normalized spacial score (nSPS) is 30.9. The quantitative estimate of drug-likeness (QED) is 0.855. The molecule has 0 aromatic heterocycles. The van der Waals surface area contributed by atoms with E-state index >= 15 is 0 Å². The van der Waals surface area contributed by atoms with Gasteiger partial charge in [-0.3, -0.25) is 0 Å². The fraction of sp³-hybridized carbons (Fsp3) is 0.588. The molecule has 4 aliphatic rings. The van der Waals surface area contributed by atoms with Crippen molar-refractivity contribution in [2.75, 3.05) is 26.2 Å². The largest absolute Gasteiger partial charge is 0.334 e. The molecule has 0 unspecified atom stereocenters. The van der Waals surface area contributed by atoms with Crippen molar-refractivity contribution in [2.45, 2.75) is 31.8 Å². The number of rotatable bonds is 1. The van der Waals surface area contributed by atoms with Crippen molar-refractivity contribution in [3.63, 3.8) is 0 Å². The second-order valence-electron chi connectivity index (χ2n) is 6.63. The Morgan fingerprint density at radius 3 is 2.57 bits per heavy atom. The Hall–Kier alpha value is -1.55. The Balaban J connectivity index is 1.40. The lowest BCUT2D eigenvalue weighted by molar-refractivity contribution is 0.0725. The van der Waals surface area contributed by atoms with Crippen LogP contribution in [-0.4, -0.2) is 48.1 Å². The third-order valence-electron chi connectivity index (χ3n) is 5.38. The molecule has 112 valence electrons. The van der Waals surface area contributed by atoms with Crippen LogP contribution < -0.4 is 5.32 Å². The van der Waals surface area contributed by atoms with Gasteiger partial charge in [0.15, 0.2) is 0 Å². The summed E-state index contributed by atoms with van der Waals surface area (Å²) in [6.45, 7) is 5.07.